The Labute approximate surface area is 191 Å². The van der Waals surface area contributed by atoms with Gasteiger partial charge in [-0.1, -0.05) is 74.0 Å². The highest BCUT2D eigenvalue weighted by atomic mass is 19.2. The van der Waals surface area contributed by atoms with Crippen LogP contribution in [0.2, 0.25) is 0 Å². The van der Waals surface area contributed by atoms with Gasteiger partial charge in [-0.25, -0.2) is 8.78 Å². The second kappa shape index (κ2) is 10.1. The van der Waals surface area contributed by atoms with Crippen LogP contribution in [0.25, 0.3) is 11.9 Å². The molecule has 0 radical (unpaired) electrons. The number of benzene rings is 2. The maximum Gasteiger partial charge on any atom is 0.161 e. The fourth-order valence-corrected chi connectivity index (χ4v) is 5.74. The summed E-state index contributed by atoms with van der Waals surface area (Å²) >= 11 is 0. The minimum Gasteiger partial charge on any atom is -0.239 e. The van der Waals surface area contributed by atoms with Gasteiger partial charge in [0.1, 0.15) is 5.83 Å². The van der Waals surface area contributed by atoms with Crippen molar-refractivity contribution in [2.24, 2.45) is 11.3 Å². The number of aryl methyl sites for hydroxylation is 1. The summed E-state index contributed by atoms with van der Waals surface area (Å²) in [6.07, 6.45) is 11.3. The second-order valence-corrected chi connectivity index (χ2v) is 9.87. The van der Waals surface area contributed by atoms with Crippen molar-refractivity contribution in [3.8, 4) is 0 Å². The van der Waals surface area contributed by atoms with E-state index in [0.29, 0.717) is 30.4 Å². The molecule has 2 heteroatoms. The van der Waals surface area contributed by atoms with Crippen LogP contribution in [0.3, 0.4) is 0 Å². The Bertz CT molecular complexity index is 1030. The maximum atomic E-state index is 15.5. The van der Waals surface area contributed by atoms with E-state index in [9.17, 15) is 0 Å². The molecule has 1 fully saturated rings. The minimum atomic E-state index is -1.61. The Kier molecular flexibility index (Phi) is 7.28. The van der Waals surface area contributed by atoms with Crippen molar-refractivity contribution in [3.05, 3.63) is 82.8 Å². The summed E-state index contributed by atoms with van der Waals surface area (Å²) in [4.78, 5) is 0. The lowest BCUT2D eigenvalue weighted by Crippen LogP contribution is -2.43. The highest BCUT2D eigenvalue weighted by Crippen LogP contribution is 2.43. The molecule has 0 saturated heterocycles. The van der Waals surface area contributed by atoms with Crippen molar-refractivity contribution in [1.29, 1.82) is 0 Å². The molecule has 0 spiro atoms. The van der Waals surface area contributed by atoms with Crippen molar-refractivity contribution < 1.29 is 8.78 Å². The fraction of sp³-hybridized carbons (Fsp3) is 0.467. The molecule has 2 aliphatic carbocycles. The molecule has 0 nitrogen and oxygen atoms in total. The molecule has 32 heavy (non-hydrogen) atoms. The number of alkyl halides is 1. The van der Waals surface area contributed by atoms with Gasteiger partial charge in [-0.2, -0.15) is 0 Å². The summed E-state index contributed by atoms with van der Waals surface area (Å²) in [7, 11) is 0. The topological polar surface area (TPSA) is 0 Å². The van der Waals surface area contributed by atoms with Crippen LogP contribution < -0.4 is 10.4 Å². The van der Waals surface area contributed by atoms with Gasteiger partial charge in [0.15, 0.2) is 6.17 Å². The standard InChI is InChI=1S/C30H36F2/c1-3-5-19-30(21-26-8-6-7-9-27(26)28(31)29(30)32)20-18-23-12-16-25(17-13-23)24-14-10-22(4-2)11-15-24/h3,6-9,12-13,16-17,21-22,24,29H,1,4-5,10-11,14-15,18-20H2,2H3. The van der Waals surface area contributed by atoms with Gasteiger partial charge in [-0.05, 0) is 79.5 Å². The lowest BCUT2D eigenvalue weighted by Gasteiger charge is -2.35. The molecule has 170 valence electrons. The molecule has 0 N–H and O–H groups in total. The number of halogens is 2. The summed E-state index contributed by atoms with van der Waals surface area (Å²) in [6, 6.07) is 16.2. The van der Waals surface area contributed by atoms with Crippen molar-refractivity contribution in [3.63, 3.8) is 0 Å². The van der Waals surface area contributed by atoms with Crippen molar-refractivity contribution in [2.45, 2.75) is 76.8 Å². The number of rotatable bonds is 8. The highest BCUT2D eigenvalue weighted by molar-refractivity contribution is 5.55. The quantitative estimate of drug-likeness (QED) is 0.387. The van der Waals surface area contributed by atoms with Crippen LogP contribution in [0.1, 0.15) is 75.3 Å². The first kappa shape index (κ1) is 23.0. The number of hydrogen-bond acceptors (Lipinski definition) is 0. The normalized spacial score (nSPS) is 27.5. The largest absolute Gasteiger partial charge is 0.239 e. The van der Waals surface area contributed by atoms with Crippen molar-refractivity contribution >= 4 is 11.9 Å². The van der Waals surface area contributed by atoms with Crippen molar-refractivity contribution in [2.75, 3.05) is 0 Å². The van der Waals surface area contributed by atoms with Crippen LogP contribution in [-0.4, -0.2) is 6.17 Å². The molecule has 0 aliphatic heterocycles. The third-order valence-electron chi connectivity index (χ3n) is 7.96. The SMILES string of the molecule is C=CCCC1(CCc2ccc(C3CCC(CC)CC3)cc2)C=c2ccccc2=C(F)C1F. The average Bonchev–Trinajstić information content (AvgIpc) is 2.85. The maximum absolute atomic E-state index is 15.5. The summed E-state index contributed by atoms with van der Waals surface area (Å²) in [5.41, 5.74) is 1.81. The van der Waals surface area contributed by atoms with Crippen LogP contribution in [0, 0.1) is 11.3 Å². The van der Waals surface area contributed by atoms with Crippen LogP contribution in [-0.2, 0) is 6.42 Å². The first-order valence-electron chi connectivity index (χ1n) is 12.4. The van der Waals surface area contributed by atoms with Crippen LogP contribution in [0.4, 0.5) is 8.78 Å². The lowest BCUT2D eigenvalue weighted by molar-refractivity contribution is 0.180. The number of fused-ring (bicyclic) bond motifs is 1. The Balaban J connectivity index is 1.50. The molecule has 0 heterocycles. The number of allylic oxidation sites excluding steroid dienone is 1. The molecular formula is C30H36F2. The highest BCUT2D eigenvalue weighted by Gasteiger charge is 2.41. The van der Waals surface area contributed by atoms with Gasteiger partial charge >= 0.3 is 0 Å². The van der Waals surface area contributed by atoms with E-state index in [1.165, 1.54) is 43.2 Å². The molecule has 1 saturated carbocycles. The minimum absolute atomic E-state index is 0.399. The van der Waals surface area contributed by atoms with Gasteiger partial charge in [-0.3, -0.25) is 0 Å². The van der Waals surface area contributed by atoms with Gasteiger partial charge in [-0.15, -0.1) is 6.58 Å². The van der Waals surface area contributed by atoms with Gasteiger partial charge in [0.05, 0.1) is 0 Å². The molecule has 2 aromatic carbocycles. The van der Waals surface area contributed by atoms with Gasteiger partial charge in [0.2, 0.25) is 0 Å². The summed E-state index contributed by atoms with van der Waals surface area (Å²) < 4.78 is 30.5. The van der Waals surface area contributed by atoms with E-state index in [2.05, 4.69) is 37.8 Å². The van der Waals surface area contributed by atoms with E-state index in [4.69, 9.17) is 0 Å². The predicted molar refractivity (Wildman–Crippen MR) is 131 cm³/mol. The molecule has 2 unspecified atom stereocenters. The van der Waals surface area contributed by atoms with Gasteiger partial charge in [0, 0.05) is 10.6 Å². The molecule has 2 atom stereocenters. The molecule has 2 aromatic rings. The molecule has 4 rings (SSSR count). The number of hydrogen-bond donors (Lipinski definition) is 0. The zero-order valence-electron chi connectivity index (χ0n) is 19.3. The summed E-state index contributed by atoms with van der Waals surface area (Å²) in [5, 5.41) is 1.21. The molecule has 0 aromatic heterocycles. The van der Waals surface area contributed by atoms with E-state index < -0.39 is 17.4 Å². The Morgan fingerprint density at radius 3 is 2.41 bits per heavy atom. The van der Waals surface area contributed by atoms with E-state index in [1.54, 1.807) is 12.1 Å². The third kappa shape index (κ3) is 4.75. The van der Waals surface area contributed by atoms with Gasteiger partial charge < -0.3 is 0 Å². The van der Waals surface area contributed by atoms with E-state index >= 15 is 8.78 Å². The monoisotopic (exact) mass is 434 g/mol. The lowest BCUT2D eigenvalue weighted by atomic mass is 9.71. The smallest absolute Gasteiger partial charge is 0.161 e. The van der Waals surface area contributed by atoms with Crippen LogP contribution in [0.15, 0.2) is 61.2 Å². The Morgan fingerprint density at radius 1 is 1.00 bits per heavy atom. The Morgan fingerprint density at radius 2 is 1.72 bits per heavy atom. The first-order valence-corrected chi connectivity index (χ1v) is 12.4. The first-order chi connectivity index (χ1) is 15.6. The van der Waals surface area contributed by atoms with E-state index in [0.717, 1.165) is 17.6 Å². The third-order valence-corrected chi connectivity index (χ3v) is 7.96. The molecule has 2 aliphatic rings. The molecule has 0 amide bonds. The zero-order chi connectivity index (χ0) is 22.6. The van der Waals surface area contributed by atoms with E-state index in [-0.39, 0.29) is 0 Å². The van der Waals surface area contributed by atoms with Crippen LogP contribution >= 0.6 is 0 Å². The van der Waals surface area contributed by atoms with Crippen molar-refractivity contribution in [1.82, 2.24) is 0 Å². The fourth-order valence-electron chi connectivity index (χ4n) is 5.74. The second-order valence-electron chi connectivity index (χ2n) is 9.87. The average molecular weight is 435 g/mol. The molecule has 0 bridgehead atoms. The summed E-state index contributed by atoms with van der Waals surface area (Å²) in [6.45, 7) is 6.11. The summed E-state index contributed by atoms with van der Waals surface area (Å²) in [5.74, 6) is 0.957. The predicted octanol–water partition coefficient (Wildman–Crippen LogP) is 7.17. The zero-order valence-corrected chi connectivity index (χ0v) is 19.3. The molecular weight excluding hydrogens is 398 g/mol. The Hall–Kier alpha value is -2.22. The van der Waals surface area contributed by atoms with Gasteiger partial charge in [0.25, 0.3) is 0 Å². The van der Waals surface area contributed by atoms with E-state index in [1.807, 2.05) is 24.3 Å². The van der Waals surface area contributed by atoms with Crippen LogP contribution in [0.5, 0.6) is 0 Å².